The van der Waals surface area contributed by atoms with Crippen molar-refractivity contribution in [2.75, 3.05) is 39.5 Å². The van der Waals surface area contributed by atoms with Crippen molar-refractivity contribution in [3.8, 4) is 0 Å². The van der Waals surface area contributed by atoms with Gasteiger partial charge in [-0.25, -0.2) is 12.7 Å². The van der Waals surface area contributed by atoms with Gasteiger partial charge < -0.3 is 10.6 Å². The number of sulfonamides is 1. The molecule has 0 saturated carbocycles. The summed E-state index contributed by atoms with van der Waals surface area (Å²) in [6.45, 7) is 6.54. The van der Waals surface area contributed by atoms with E-state index in [9.17, 15) is 8.42 Å². The van der Waals surface area contributed by atoms with Gasteiger partial charge in [-0.1, -0.05) is 19.9 Å². The fourth-order valence-electron chi connectivity index (χ4n) is 2.16. The minimum Gasteiger partial charge on any atom is -0.356 e. The molecule has 1 aromatic rings. The molecule has 2 N–H and O–H groups in total. The lowest BCUT2D eigenvalue weighted by Crippen LogP contribution is -2.40. The van der Waals surface area contributed by atoms with E-state index in [1.165, 1.54) is 15.4 Å². The zero-order chi connectivity index (χ0) is 17.3. The van der Waals surface area contributed by atoms with Crippen molar-refractivity contribution in [2.24, 2.45) is 4.99 Å². The summed E-state index contributed by atoms with van der Waals surface area (Å²) in [5, 5.41) is 8.61. The van der Waals surface area contributed by atoms with E-state index in [0.29, 0.717) is 25.6 Å². The Morgan fingerprint density at radius 2 is 2.17 bits per heavy atom. The summed E-state index contributed by atoms with van der Waals surface area (Å²) in [6, 6.07) is 4.20. The summed E-state index contributed by atoms with van der Waals surface area (Å²) in [5.41, 5.74) is 0. The summed E-state index contributed by atoms with van der Waals surface area (Å²) >= 11 is 1.76. The molecule has 1 aromatic heterocycles. The molecule has 0 bridgehead atoms. The van der Waals surface area contributed by atoms with Crippen molar-refractivity contribution < 1.29 is 8.42 Å². The van der Waals surface area contributed by atoms with Gasteiger partial charge in [0.1, 0.15) is 0 Å². The first kappa shape index (κ1) is 19.9. The van der Waals surface area contributed by atoms with E-state index in [1.54, 1.807) is 18.4 Å². The second-order valence-corrected chi connectivity index (χ2v) is 8.37. The molecule has 0 aliphatic carbocycles. The highest BCUT2D eigenvalue weighted by molar-refractivity contribution is 7.88. The van der Waals surface area contributed by atoms with E-state index in [1.807, 2.05) is 6.92 Å². The largest absolute Gasteiger partial charge is 0.356 e. The standard InChI is InChI=1S/C15H28N4O2S2/c1-5-19(23(4,20)21)10-7-9-17-15(16-3)18-12-13(2)14-8-6-11-22-14/h6,8,11,13H,5,7,9-10,12H2,1-4H3,(H2,16,17,18). The van der Waals surface area contributed by atoms with Crippen LogP contribution in [0.2, 0.25) is 0 Å². The summed E-state index contributed by atoms with van der Waals surface area (Å²) < 4.78 is 24.5. The van der Waals surface area contributed by atoms with Gasteiger partial charge >= 0.3 is 0 Å². The van der Waals surface area contributed by atoms with Gasteiger partial charge in [0.05, 0.1) is 6.26 Å². The lowest BCUT2D eigenvalue weighted by atomic mass is 10.1. The van der Waals surface area contributed by atoms with Crippen LogP contribution in [-0.4, -0.2) is 58.2 Å². The van der Waals surface area contributed by atoms with E-state index >= 15 is 0 Å². The van der Waals surface area contributed by atoms with Gasteiger partial charge in [-0.15, -0.1) is 11.3 Å². The molecular formula is C15H28N4O2S2. The molecule has 1 heterocycles. The van der Waals surface area contributed by atoms with E-state index in [4.69, 9.17) is 0 Å². The highest BCUT2D eigenvalue weighted by Gasteiger charge is 2.13. The van der Waals surface area contributed by atoms with Crippen molar-refractivity contribution in [1.82, 2.24) is 14.9 Å². The van der Waals surface area contributed by atoms with Crippen LogP contribution in [-0.2, 0) is 10.0 Å². The van der Waals surface area contributed by atoms with Gasteiger partial charge in [0.15, 0.2) is 5.96 Å². The molecule has 6 nitrogen and oxygen atoms in total. The quantitative estimate of drug-likeness (QED) is 0.399. The van der Waals surface area contributed by atoms with Crippen molar-refractivity contribution in [1.29, 1.82) is 0 Å². The number of hydrogen-bond donors (Lipinski definition) is 2. The van der Waals surface area contributed by atoms with E-state index < -0.39 is 10.0 Å². The average Bonchev–Trinajstić information content (AvgIpc) is 3.03. The molecule has 132 valence electrons. The molecule has 1 unspecified atom stereocenters. The Morgan fingerprint density at radius 3 is 2.70 bits per heavy atom. The van der Waals surface area contributed by atoms with Crippen LogP contribution < -0.4 is 10.6 Å². The van der Waals surface area contributed by atoms with Crippen LogP contribution in [0.5, 0.6) is 0 Å². The molecule has 0 aliphatic rings. The topological polar surface area (TPSA) is 73.8 Å². The van der Waals surface area contributed by atoms with Gasteiger partial charge in [0.2, 0.25) is 10.0 Å². The van der Waals surface area contributed by atoms with Crippen LogP contribution in [0, 0.1) is 0 Å². The Labute approximate surface area is 144 Å². The molecule has 8 heteroatoms. The Kier molecular flexibility index (Phi) is 8.57. The summed E-state index contributed by atoms with van der Waals surface area (Å²) in [7, 11) is -1.37. The number of rotatable bonds is 9. The van der Waals surface area contributed by atoms with Crippen molar-refractivity contribution in [3.05, 3.63) is 22.4 Å². The Bertz CT molecular complexity index is 570. The van der Waals surface area contributed by atoms with Crippen LogP contribution in [0.15, 0.2) is 22.5 Å². The minimum absolute atomic E-state index is 0.425. The Hall–Kier alpha value is -1.12. The summed E-state index contributed by atoms with van der Waals surface area (Å²) in [6.07, 6.45) is 1.98. The number of guanidine groups is 1. The van der Waals surface area contributed by atoms with E-state index in [0.717, 1.165) is 18.9 Å². The zero-order valence-electron chi connectivity index (χ0n) is 14.4. The SMILES string of the molecule is CCN(CCCNC(=NC)NCC(C)c1cccs1)S(C)(=O)=O. The zero-order valence-corrected chi connectivity index (χ0v) is 16.0. The minimum atomic E-state index is -3.11. The van der Waals surface area contributed by atoms with Crippen molar-refractivity contribution in [2.45, 2.75) is 26.2 Å². The molecule has 0 spiro atoms. The van der Waals surface area contributed by atoms with Gasteiger partial charge in [0, 0.05) is 44.0 Å². The van der Waals surface area contributed by atoms with Crippen LogP contribution >= 0.6 is 11.3 Å². The number of nitrogens with zero attached hydrogens (tertiary/aromatic N) is 2. The van der Waals surface area contributed by atoms with Gasteiger partial charge in [-0.3, -0.25) is 4.99 Å². The monoisotopic (exact) mass is 360 g/mol. The Balaban J connectivity index is 2.29. The molecule has 0 radical (unpaired) electrons. The van der Waals surface area contributed by atoms with Gasteiger partial charge in [-0.05, 0) is 17.9 Å². The maximum absolute atomic E-state index is 11.5. The highest BCUT2D eigenvalue weighted by atomic mass is 32.2. The molecule has 0 saturated heterocycles. The number of aliphatic imine (C=N–C) groups is 1. The third-order valence-corrected chi connectivity index (χ3v) is 6.01. The fraction of sp³-hybridized carbons (Fsp3) is 0.667. The summed E-state index contributed by atoms with van der Waals surface area (Å²) in [5.74, 6) is 1.17. The lowest BCUT2D eigenvalue weighted by molar-refractivity contribution is 0.424. The first-order chi connectivity index (χ1) is 10.9. The molecular weight excluding hydrogens is 332 g/mol. The molecule has 1 rings (SSSR count). The van der Waals surface area contributed by atoms with E-state index in [-0.39, 0.29) is 0 Å². The average molecular weight is 361 g/mol. The molecule has 0 aliphatic heterocycles. The fourth-order valence-corrected chi connectivity index (χ4v) is 3.88. The van der Waals surface area contributed by atoms with E-state index in [2.05, 4.69) is 40.1 Å². The van der Waals surface area contributed by atoms with Crippen LogP contribution in [0.3, 0.4) is 0 Å². The van der Waals surface area contributed by atoms with Gasteiger partial charge in [-0.2, -0.15) is 0 Å². The molecule has 0 amide bonds. The normalized spacial score (nSPS) is 14.0. The smallest absolute Gasteiger partial charge is 0.211 e. The third kappa shape index (κ3) is 7.32. The highest BCUT2D eigenvalue weighted by Crippen LogP contribution is 2.19. The molecule has 0 aromatic carbocycles. The summed E-state index contributed by atoms with van der Waals surface area (Å²) in [4.78, 5) is 5.54. The maximum Gasteiger partial charge on any atom is 0.211 e. The predicted molar refractivity (Wildman–Crippen MR) is 98.8 cm³/mol. The van der Waals surface area contributed by atoms with Crippen LogP contribution in [0.1, 0.15) is 31.1 Å². The maximum atomic E-state index is 11.5. The second kappa shape index (κ2) is 9.89. The molecule has 1 atom stereocenters. The number of hydrogen-bond acceptors (Lipinski definition) is 4. The molecule has 0 fully saturated rings. The predicted octanol–water partition coefficient (Wildman–Crippen LogP) is 1.69. The first-order valence-electron chi connectivity index (χ1n) is 7.81. The van der Waals surface area contributed by atoms with Crippen molar-refractivity contribution in [3.63, 3.8) is 0 Å². The molecule has 23 heavy (non-hydrogen) atoms. The lowest BCUT2D eigenvalue weighted by Gasteiger charge is -2.19. The second-order valence-electron chi connectivity index (χ2n) is 5.40. The van der Waals surface area contributed by atoms with Crippen LogP contribution in [0.4, 0.5) is 0 Å². The third-order valence-electron chi connectivity index (χ3n) is 3.53. The Morgan fingerprint density at radius 1 is 1.43 bits per heavy atom. The first-order valence-corrected chi connectivity index (χ1v) is 10.5. The van der Waals surface area contributed by atoms with Gasteiger partial charge in [0.25, 0.3) is 0 Å². The van der Waals surface area contributed by atoms with Crippen molar-refractivity contribution >= 4 is 27.3 Å². The van der Waals surface area contributed by atoms with Crippen LogP contribution in [0.25, 0.3) is 0 Å². The number of nitrogens with one attached hydrogen (secondary N) is 2. The number of thiophene rings is 1.